The summed E-state index contributed by atoms with van der Waals surface area (Å²) in [6.07, 6.45) is 0. The molecule has 0 saturated heterocycles. The SMILES string of the molecule is COc1c(F)c(N)c(C(=O)O)c(F)c1F. The third kappa shape index (κ3) is 1.56. The molecular weight excluding hydrogens is 215 g/mol. The van der Waals surface area contributed by atoms with Gasteiger partial charge >= 0.3 is 5.97 Å². The maximum atomic E-state index is 13.1. The number of carbonyl (C=O) groups is 1. The van der Waals surface area contributed by atoms with E-state index >= 15 is 0 Å². The van der Waals surface area contributed by atoms with Crippen molar-refractivity contribution in [2.45, 2.75) is 0 Å². The van der Waals surface area contributed by atoms with E-state index in [-0.39, 0.29) is 0 Å². The minimum atomic E-state index is -1.86. The molecule has 1 aromatic carbocycles. The molecule has 0 radical (unpaired) electrons. The van der Waals surface area contributed by atoms with Crippen LogP contribution < -0.4 is 10.5 Å². The van der Waals surface area contributed by atoms with E-state index in [1.165, 1.54) is 0 Å². The zero-order valence-electron chi connectivity index (χ0n) is 7.47. The molecule has 0 spiro atoms. The normalized spacial score (nSPS) is 10.1. The Morgan fingerprint density at radius 1 is 1.27 bits per heavy atom. The molecule has 1 aromatic rings. The average molecular weight is 221 g/mol. The molecule has 0 aliphatic rings. The summed E-state index contributed by atoms with van der Waals surface area (Å²) in [6.45, 7) is 0. The molecule has 0 fully saturated rings. The van der Waals surface area contributed by atoms with Crippen molar-refractivity contribution in [3.63, 3.8) is 0 Å². The molecule has 0 unspecified atom stereocenters. The Morgan fingerprint density at radius 2 is 1.80 bits per heavy atom. The van der Waals surface area contributed by atoms with Crippen LogP contribution in [-0.2, 0) is 0 Å². The van der Waals surface area contributed by atoms with Crippen LogP contribution in [0.4, 0.5) is 18.9 Å². The summed E-state index contributed by atoms with van der Waals surface area (Å²) < 4.78 is 43.4. The minimum Gasteiger partial charge on any atom is -0.491 e. The van der Waals surface area contributed by atoms with Crippen molar-refractivity contribution >= 4 is 11.7 Å². The fourth-order valence-electron chi connectivity index (χ4n) is 1.04. The van der Waals surface area contributed by atoms with Crippen LogP contribution in [0.15, 0.2) is 0 Å². The largest absolute Gasteiger partial charge is 0.491 e. The van der Waals surface area contributed by atoms with E-state index < -0.39 is 40.4 Å². The Bertz CT molecular complexity index is 405. The van der Waals surface area contributed by atoms with Gasteiger partial charge in [0.1, 0.15) is 5.56 Å². The number of methoxy groups -OCH3 is 1. The average Bonchev–Trinajstić information content (AvgIpc) is 2.16. The van der Waals surface area contributed by atoms with Gasteiger partial charge in [0.15, 0.2) is 17.4 Å². The van der Waals surface area contributed by atoms with E-state index in [9.17, 15) is 18.0 Å². The van der Waals surface area contributed by atoms with Gasteiger partial charge in [-0.05, 0) is 0 Å². The zero-order valence-corrected chi connectivity index (χ0v) is 7.47. The number of rotatable bonds is 2. The lowest BCUT2D eigenvalue weighted by molar-refractivity contribution is 0.0691. The molecule has 0 bridgehead atoms. The van der Waals surface area contributed by atoms with Gasteiger partial charge in [0.2, 0.25) is 5.82 Å². The van der Waals surface area contributed by atoms with E-state index in [0.29, 0.717) is 0 Å². The topological polar surface area (TPSA) is 72.5 Å². The van der Waals surface area contributed by atoms with Crippen LogP contribution in [-0.4, -0.2) is 18.2 Å². The zero-order chi connectivity index (χ0) is 11.7. The lowest BCUT2D eigenvalue weighted by atomic mass is 10.1. The number of ether oxygens (including phenoxy) is 1. The van der Waals surface area contributed by atoms with Crippen molar-refractivity contribution in [1.29, 1.82) is 0 Å². The molecule has 82 valence electrons. The number of hydrogen-bond acceptors (Lipinski definition) is 3. The van der Waals surface area contributed by atoms with E-state index in [0.717, 1.165) is 7.11 Å². The van der Waals surface area contributed by atoms with Crippen LogP contribution >= 0.6 is 0 Å². The lowest BCUT2D eigenvalue weighted by Gasteiger charge is -2.09. The van der Waals surface area contributed by atoms with Crippen LogP contribution in [0.3, 0.4) is 0 Å². The lowest BCUT2D eigenvalue weighted by Crippen LogP contribution is -2.12. The summed E-state index contributed by atoms with van der Waals surface area (Å²) in [6, 6.07) is 0. The quantitative estimate of drug-likeness (QED) is 0.584. The fourth-order valence-corrected chi connectivity index (χ4v) is 1.04. The molecule has 4 nitrogen and oxygen atoms in total. The summed E-state index contributed by atoms with van der Waals surface area (Å²) in [5, 5.41) is 8.46. The van der Waals surface area contributed by atoms with Crippen molar-refractivity contribution in [3.8, 4) is 5.75 Å². The maximum absolute atomic E-state index is 13.1. The van der Waals surface area contributed by atoms with Gasteiger partial charge in [-0.3, -0.25) is 0 Å². The van der Waals surface area contributed by atoms with Crippen molar-refractivity contribution in [3.05, 3.63) is 23.0 Å². The van der Waals surface area contributed by atoms with Gasteiger partial charge in [-0.25, -0.2) is 13.6 Å². The number of carboxylic acids is 1. The van der Waals surface area contributed by atoms with E-state index in [2.05, 4.69) is 4.74 Å². The number of aromatic carboxylic acids is 1. The van der Waals surface area contributed by atoms with Crippen molar-refractivity contribution in [1.82, 2.24) is 0 Å². The van der Waals surface area contributed by atoms with Crippen LogP contribution in [0.25, 0.3) is 0 Å². The summed E-state index contributed by atoms with van der Waals surface area (Å²) in [5.41, 5.74) is 2.74. The second kappa shape index (κ2) is 3.68. The molecule has 3 N–H and O–H groups in total. The number of benzene rings is 1. The fraction of sp³-hybridized carbons (Fsp3) is 0.125. The van der Waals surface area contributed by atoms with Gasteiger partial charge in [0.05, 0.1) is 12.8 Å². The Morgan fingerprint density at radius 3 is 2.20 bits per heavy atom. The molecule has 0 amide bonds. The van der Waals surface area contributed by atoms with Gasteiger partial charge in [0.25, 0.3) is 0 Å². The number of anilines is 1. The Balaban J connectivity index is 3.66. The molecule has 1 rings (SSSR count). The minimum absolute atomic E-state index is 0.904. The second-order valence-corrected chi connectivity index (χ2v) is 2.57. The van der Waals surface area contributed by atoms with Crippen molar-refractivity contribution in [2.24, 2.45) is 0 Å². The molecule has 7 heteroatoms. The smallest absolute Gasteiger partial charge is 0.341 e. The van der Waals surface area contributed by atoms with Crippen LogP contribution in [0.5, 0.6) is 5.75 Å². The number of nitrogens with two attached hydrogens (primary N) is 1. The highest BCUT2D eigenvalue weighted by atomic mass is 19.2. The van der Waals surface area contributed by atoms with E-state index in [4.69, 9.17) is 10.8 Å². The van der Waals surface area contributed by atoms with E-state index in [1.807, 2.05) is 0 Å². The molecule has 15 heavy (non-hydrogen) atoms. The van der Waals surface area contributed by atoms with Gasteiger partial charge in [-0.1, -0.05) is 0 Å². The number of carboxylic acid groups (broad SMARTS) is 1. The van der Waals surface area contributed by atoms with Gasteiger partial charge in [0, 0.05) is 0 Å². The first kappa shape index (κ1) is 11.2. The molecule has 0 saturated carbocycles. The van der Waals surface area contributed by atoms with E-state index in [1.54, 1.807) is 0 Å². The Hall–Kier alpha value is -1.92. The van der Waals surface area contributed by atoms with Gasteiger partial charge < -0.3 is 15.6 Å². The molecule has 0 heterocycles. The number of hydrogen-bond donors (Lipinski definition) is 2. The maximum Gasteiger partial charge on any atom is 0.341 e. The highest BCUT2D eigenvalue weighted by molar-refractivity contribution is 5.94. The molecule has 0 aromatic heterocycles. The summed E-state index contributed by atoms with van der Waals surface area (Å²) in [5.74, 6) is -7.81. The summed E-state index contributed by atoms with van der Waals surface area (Å²) in [4.78, 5) is 10.5. The standard InChI is InChI=1S/C8H6F3NO3/c1-15-7-4(10)3(9)2(8(13)14)6(12)5(7)11/h12H2,1H3,(H,13,14). The molecule has 0 atom stereocenters. The Kier molecular flexibility index (Phi) is 2.74. The predicted octanol–water partition coefficient (Wildman–Crippen LogP) is 1.39. The third-order valence-corrected chi connectivity index (χ3v) is 1.73. The summed E-state index contributed by atoms with van der Waals surface area (Å²) >= 11 is 0. The highest BCUT2D eigenvalue weighted by Crippen LogP contribution is 2.32. The second-order valence-electron chi connectivity index (χ2n) is 2.57. The van der Waals surface area contributed by atoms with Crippen molar-refractivity contribution < 1.29 is 27.8 Å². The molecule has 0 aliphatic carbocycles. The summed E-state index contributed by atoms with van der Waals surface area (Å²) in [7, 11) is 0.904. The van der Waals surface area contributed by atoms with Gasteiger partial charge in [-0.15, -0.1) is 0 Å². The molecule has 0 aliphatic heterocycles. The monoisotopic (exact) mass is 221 g/mol. The third-order valence-electron chi connectivity index (χ3n) is 1.73. The first-order chi connectivity index (χ1) is 6.91. The van der Waals surface area contributed by atoms with Crippen LogP contribution in [0.1, 0.15) is 10.4 Å². The van der Waals surface area contributed by atoms with Crippen molar-refractivity contribution in [2.75, 3.05) is 12.8 Å². The number of nitrogen functional groups attached to an aromatic ring is 1. The predicted molar refractivity (Wildman–Crippen MR) is 44.2 cm³/mol. The van der Waals surface area contributed by atoms with Crippen LogP contribution in [0, 0.1) is 17.5 Å². The first-order valence-electron chi connectivity index (χ1n) is 3.65. The molecular formula is C8H6F3NO3. The van der Waals surface area contributed by atoms with Gasteiger partial charge in [-0.2, -0.15) is 4.39 Å². The number of halogens is 3. The van der Waals surface area contributed by atoms with Crippen LogP contribution in [0.2, 0.25) is 0 Å². The Labute approximate surface area is 82.1 Å². The highest BCUT2D eigenvalue weighted by Gasteiger charge is 2.27. The first-order valence-corrected chi connectivity index (χ1v) is 3.65.